The molecule has 0 amide bonds. The van der Waals surface area contributed by atoms with Gasteiger partial charge in [0.2, 0.25) is 0 Å². The van der Waals surface area contributed by atoms with Crippen LogP contribution >= 0.6 is 0 Å². The van der Waals surface area contributed by atoms with Crippen molar-refractivity contribution in [2.75, 3.05) is 0 Å². The van der Waals surface area contributed by atoms with E-state index in [-0.39, 0.29) is 33.7 Å². The molecular formula is C30H48O3. The van der Waals surface area contributed by atoms with Crippen molar-refractivity contribution in [3.8, 4) is 0 Å². The molecule has 2 N–H and O–H groups in total. The molecule has 186 valence electrons. The van der Waals surface area contributed by atoms with E-state index in [0.29, 0.717) is 35.5 Å². The summed E-state index contributed by atoms with van der Waals surface area (Å²) in [5, 5.41) is 21.0. The Balaban J connectivity index is 1.57. The minimum Gasteiger partial charge on any atom is -0.481 e. The third-order valence-electron chi connectivity index (χ3n) is 13.2. The highest BCUT2D eigenvalue weighted by atomic mass is 16.4. The van der Waals surface area contributed by atoms with Crippen LogP contribution in [-0.2, 0) is 4.79 Å². The van der Waals surface area contributed by atoms with Gasteiger partial charge in [0, 0.05) is 0 Å². The number of carbonyl (C=O) groups is 1. The van der Waals surface area contributed by atoms with Crippen molar-refractivity contribution in [1.82, 2.24) is 0 Å². The summed E-state index contributed by atoms with van der Waals surface area (Å²) in [6.45, 7) is 17.1. The first-order valence-electron chi connectivity index (χ1n) is 13.9. The number of hydrogen-bond acceptors (Lipinski definition) is 2. The van der Waals surface area contributed by atoms with Gasteiger partial charge in [-0.15, -0.1) is 0 Å². The molecule has 4 saturated carbocycles. The highest BCUT2D eigenvalue weighted by Crippen LogP contribution is 2.74. The molecule has 4 fully saturated rings. The molecule has 0 aromatic carbocycles. The topological polar surface area (TPSA) is 57.5 Å². The smallest absolute Gasteiger partial charge is 0.306 e. The molecule has 0 aliphatic heterocycles. The highest BCUT2D eigenvalue weighted by Gasteiger charge is 2.67. The summed E-state index contributed by atoms with van der Waals surface area (Å²) in [6, 6.07) is 0. The van der Waals surface area contributed by atoms with Gasteiger partial charge in [-0.1, -0.05) is 60.1 Å². The lowest BCUT2D eigenvalue weighted by atomic mass is 9.34. The van der Waals surface area contributed by atoms with E-state index in [1.54, 1.807) is 5.57 Å². The molecular weight excluding hydrogens is 408 g/mol. The van der Waals surface area contributed by atoms with Gasteiger partial charge in [0.05, 0.1) is 12.0 Å². The summed E-state index contributed by atoms with van der Waals surface area (Å²) in [4.78, 5) is 12.2. The van der Waals surface area contributed by atoms with Crippen molar-refractivity contribution < 1.29 is 15.0 Å². The summed E-state index contributed by atoms with van der Waals surface area (Å²) >= 11 is 0. The second kappa shape index (κ2) is 7.34. The van der Waals surface area contributed by atoms with Crippen LogP contribution < -0.4 is 0 Å². The Hall–Kier alpha value is -0.830. The number of aliphatic carboxylic acids is 1. The van der Waals surface area contributed by atoms with Crippen molar-refractivity contribution >= 4 is 5.97 Å². The van der Waals surface area contributed by atoms with Gasteiger partial charge in [0.15, 0.2) is 0 Å². The fraction of sp³-hybridized carbons (Fsp3) is 0.900. The standard InChI is InChI=1S/C30H48O3/c1-17-16-20(26(32)33)19-10-14-29(6)21(25(19)18(17)2)8-9-23-28(5)13-12-24(31)27(3,4)22(28)11-15-30(23,29)7/h8,17-20,22-25,31H,9-16H2,1-7H3,(H,32,33)/t17-,18-,19?,20-,22+,23+,24+,25+,28+,29-,30-/m1/s1. The Labute approximate surface area is 201 Å². The molecule has 0 spiro atoms. The predicted octanol–water partition coefficient (Wildman–Crippen LogP) is 6.95. The van der Waals surface area contributed by atoms with Crippen molar-refractivity contribution in [1.29, 1.82) is 0 Å². The molecule has 0 saturated heterocycles. The van der Waals surface area contributed by atoms with Crippen molar-refractivity contribution in [3.05, 3.63) is 11.6 Å². The van der Waals surface area contributed by atoms with Crippen molar-refractivity contribution in [2.24, 2.45) is 63.1 Å². The average Bonchev–Trinajstić information content (AvgIpc) is 2.73. The van der Waals surface area contributed by atoms with Gasteiger partial charge in [-0.05, 0) is 109 Å². The number of allylic oxidation sites excluding steroid dienone is 2. The Morgan fingerprint density at radius 1 is 0.970 bits per heavy atom. The molecule has 0 heterocycles. The van der Waals surface area contributed by atoms with Crippen LogP contribution in [0.15, 0.2) is 11.6 Å². The lowest BCUT2D eigenvalue weighted by Crippen LogP contribution is -2.64. The maximum Gasteiger partial charge on any atom is 0.306 e. The van der Waals surface area contributed by atoms with Crippen LogP contribution in [0.1, 0.15) is 99.8 Å². The number of carboxylic acids is 1. The van der Waals surface area contributed by atoms with Gasteiger partial charge in [-0.2, -0.15) is 0 Å². The molecule has 0 aromatic heterocycles. The number of aliphatic hydroxyl groups excluding tert-OH is 1. The average molecular weight is 457 g/mol. The van der Waals surface area contributed by atoms with E-state index >= 15 is 0 Å². The van der Waals surface area contributed by atoms with E-state index in [9.17, 15) is 15.0 Å². The number of rotatable bonds is 1. The SMILES string of the molecule is C[C@@H]1[C@H](C)C[C@@H](C(=O)O)C2CC[C@]3(C)C(=CC[C@H]4[C@@]5(C)CC[C@H](O)C(C)(C)[C@@H]5CC[C@]43C)[C@H]21. The summed E-state index contributed by atoms with van der Waals surface area (Å²) in [7, 11) is 0. The number of aliphatic hydroxyl groups is 1. The van der Waals surface area contributed by atoms with Crippen LogP contribution in [0.25, 0.3) is 0 Å². The van der Waals surface area contributed by atoms with Crippen LogP contribution in [0.4, 0.5) is 0 Å². The molecule has 3 nitrogen and oxygen atoms in total. The minimum atomic E-state index is -0.566. The van der Waals surface area contributed by atoms with E-state index in [0.717, 1.165) is 38.5 Å². The van der Waals surface area contributed by atoms with Crippen LogP contribution in [-0.4, -0.2) is 22.3 Å². The molecule has 3 heteroatoms. The second-order valence-electron chi connectivity index (χ2n) is 14.4. The zero-order chi connectivity index (χ0) is 24.1. The Kier molecular flexibility index (Phi) is 5.31. The van der Waals surface area contributed by atoms with Crippen molar-refractivity contribution in [3.63, 3.8) is 0 Å². The number of carboxylic acid groups (broad SMARTS) is 1. The number of hydrogen-bond donors (Lipinski definition) is 2. The molecule has 5 rings (SSSR count). The first-order chi connectivity index (χ1) is 15.3. The molecule has 1 unspecified atom stereocenters. The minimum absolute atomic E-state index is 0.0150. The largest absolute Gasteiger partial charge is 0.481 e. The van der Waals surface area contributed by atoms with Crippen molar-refractivity contribution in [2.45, 2.75) is 106 Å². The molecule has 11 atom stereocenters. The molecule has 5 aliphatic carbocycles. The molecule has 0 radical (unpaired) electrons. The Morgan fingerprint density at radius 2 is 1.67 bits per heavy atom. The normalized spacial score (nSPS) is 55.3. The molecule has 0 bridgehead atoms. The van der Waals surface area contributed by atoms with E-state index in [4.69, 9.17) is 0 Å². The summed E-state index contributed by atoms with van der Waals surface area (Å²) in [6.07, 6.45) is 11.2. The quantitative estimate of drug-likeness (QED) is 0.420. The Bertz CT molecular complexity index is 859. The van der Waals surface area contributed by atoms with Gasteiger partial charge >= 0.3 is 5.97 Å². The lowest BCUT2D eigenvalue weighted by Gasteiger charge is -2.70. The third-order valence-corrected chi connectivity index (χ3v) is 13.2. The summed E-state index contributed by atoms with van der Waals surface area (Å²) in [5.74, 6) is 2.25. The van der Waals surface area contributed by atoms with E-state index < -0.39 is 5.97 Å². The summed E-state index contributed by atoms with van der Waals surface area (Å²) in [5.41, 5.74) is 2.32. The highest BCUT2D eigenvalue weighted by molar-refractivity contribution is 5.71. The second-order valence-corrected chi connectivity index (χ2v) is 14.4. The predicted molar refractivity (Wildman–Crippen MR) is 133 cm³/mol. The molecule has 5 aliphatic rings. The monoisotopic (exact) mass is 456 g/mol. The zero-order valence-corrected chi connectivity index (χ0v) is 22.2. The fourth-order valence-electron chi connectivity index (χ4n) is 10.9. The molecule has 0 aromatic rings. The van der Waals surface area contributed by atoms with Crippen LogP contribution in [0, 0.1) is 63.1 Å². The first-order valence-corrected chi connectivity index (χ1v) is 13.9. The molecule has 33 heavy (non-hydrogen) atoms. The first kappa shape index (κ1) is 23.9. The Morgan fingerprint density at radius 3 is 2.33 bits per heavy atom. The third kappa shape index (κ3) is 2.93. The van der Waals surface area contributed by atoms with E-state index in [1.807, 2.05) is 0 Å². The van der Waals surface area contributed by atoms with Gasteiger partial charge in [-0.3, -0.25) is 4.79 Å². The zero-order valence-electron chi connectivity index (χ0n) is 22.2. The van der Waals surface area contributed by atoms with Gasteiger partial charge < -0.3 is 10.2 Å². The van der Waals surface area contributed by atoms with E-state index in [1.165, 1.54) is 12.8 Å². The summed E-state index contributed by atoms with van der Waals surface area (Å²) < 4.78 is 0. The van der Waals surface area contributed by atoms with Gasteiger partial charge in [0.1, 0.15) is 0 Å². The maximum atomic E-state index is 12.2. The van der Waals surface area contributed by atoms with Gasteiger partial charge in [0.25, 0.3) is 0 Å². The van der Waals surface area contributed by atoms with Crippen LogP contribution in [0.2, 0.25) is 0 Å². The van der Waals surface area contributed by atoms with E-state index in [2.05, 4.69) is 54.5 Å². The number of fused-ring (bicyclic) bond motifs is 7. The maximum absolute atomic E-state index is 12.2. The van der Waals surface area contributed by atoms with Crippen LogP contribution in [0.5, 0.6) is 0 Å². The fourth-order valence-corrected chi connectivity index (χ4v) is 10.9. The van der Waals surface area contributed by atoms with Crippen LogP contribution in [0.3, 0.4) is 0 Å². The van der Waals surface area contributed by atoms with Gasteiger partial charge in [-0.25, -0.2) is 0 Å². The lowest BCUT2D eigenvalue weighted by molar-refractivity contribution is -0.202.